The van der Waals surface area contributed by atoms with Gasteiger partial charge in [0.05, 0.1) is 28.6 Å². The zero-order chi connectivity index (χ0) is 22.4. The predicted octanol–water partition coefficient (Wildman–Crippen LogP) is 4.51. The average Bonchev–Trinajstić information content (AvgIpc) is 3.14. The van der Waals surface area contributed by atoms with Gasteiger partial charge in [0.2, 0.25) is 5.91 Å². The first-order chi connectivity index (χ1) is 14.9. The number of anilines is 1. The normalized spacial score (nSPS) is 10.7. The van der Waals surface area contributed by atoms with E-state index < -0.39 is 5.82 Å². The monoisotopic (exact) mass is 525 g/mol. The lowest BCUT2D eigenvalue weighted by molar-refractivity contribution is -0.113. The SMILES string of the molecule is CCn1c(CNC(=O)c2ccccc2Cl)nnc1SCC(=O)Nc1ccc(Br)cc1F. The number of amides is 2. The van der Waals surface area contributed by atoms with Crippen LogP contribution in [0.15, 0.2) is 52.1 Å². The summed E-state index contributed by atoms with van der Waals surface area (Å²) in [5.41, 5.74) is 0.479. The van der Waals surface area contributed by atoms with E-state index in [9.17, 15) is 14.0 Å². The first-order valence-electron chi connectivity index (χ1n) is 9.21. The Kier molecular flexibility index (Phi) is 8.05. The summed E-state index contributed by atoms with van der Waals surface area (Å²) < 4.78 is 16.3. The van der Waals surface area contributed by atoms with Crippen molar-refractivity contribution in [2.24, 2.45) is 0 Å². The Morgan fingerprint density at radius 2 is 2.00 bits per heavy atom. The van der Waals surface area contributed by atoms with Crippen LogP contribution in [0.2, 0.25) is 5.02 Å². The molecular formula is C20H18BrClFN5O2S. The molecule has 1 aromatic heterocycles. The number of carbonyl (C=O) groups excluding carboxylic acids is 2. The van der Waals surface area contributed by atoms with E-state index in [0.29, 0.717) is 32.6 Å². The number of aromatic nitrogens is 3. The molecule has 0 bridgehead atoms. The van der Waals surface area contributed by atoms with Gasteiger partial charge in [0, 0.05) is 11.0 Å². The van der Waals surface area contributed by atoms with Gasteiger partial charge in [0.25, 0.3) is 5.91 Å². The lowest BCUT2D eigenvalue weighted by Gasteiger charge is -2.09. The van der Waals surface area contributed by atoms with E-state index in [0.717, 1.165) is 0 Å². The summed E-state index contributed by atoms with van der Waals surface area (Å²) in [6.45, 7) is 2.61. The van der Waals surface area contributed by atoms with Crippen LogP contribution in [0.1, 0.15) is 23.1 Å². The third kappa shape index (κ3) is 6.05. The number of thioether (sulfide) groups is 1. The van der Waals surface area contributed by atoms with Gasteiger partial charge in [0.1, 0.15) is 5.82 Å². The van der Waals surface area contributed by atoms with E-state index in [4.69, 9.17) is 11.6 Å². The van der Waals surface area contributed by atoms with Crippen molar-refractivity contribution in [1.29, 1.82) is 0 Å². The van der Waals surface area contributed by atoms with Gasteiger partial charge in [-0.2, -0.15) is 0 Å². The second kappa shape index (κ2) is 10.7. The fraction of sp³-hybridized carbons (Fsp3) is 0.200. The minimum atomic E-state index is -0.527. The Balaban J connectivity index is 1.58. The molecule has 11 heteroatoms. The molecule has 1 heterocycles. The van der Waals surface area contributed by atoms with E-state index in [2.05, 4.69) is 36.8 Å². The van der Waals surface area contributed by atoms with Gasteiger partial charge in [-0.25, -0.2) is 4.39 Å². The van der Waals surface area contributed by atoms with E-state index in [1.165, 1.54) is 23.9 Å². The standard InChI is InChI=1S/C20H18BrClFN5O2S/c1-2-28-17(10-24-19(30)13-5-3-4-6-14(13)22)26-27-20(28)31-11-18(29)25-16-8-7-12(21)9-15(16)23/h3-9H,2,10-11H2,1H3,(H,24,30)(H,25,29). The van der Waals surface area contributed by atoms with Crippen LogP contribution in [0.5, 0.6) is 0 Å². The first-order valence-corrected chi connectivity index (χ1v) is 11.4. The molecule has 3 rings (SSSR count). The number of halogens is 3. The summed E-state index contributed by atoms with van der Waals surface area (Å²) in [5, 5.41) is 14.4. The molecule has 7 nitrogen and oxygen atoms in total. The minimum Gasteiger partial charge on any atom is -0.345 e. The molecule has 2 amide bonds. The maximum Gasteiger partial charge on any atom is 0.253 e. The highest BCUT2D eigenvalue weighted by Crippen LogP contribution is 2.21. The number of rotatable bonds is 8. The Bertz CT molecular complexity index is 1110. The third-order valence-corrected chi connectivity index (χ3v) is 5.96. The van der Waals surface area contributed by atoms with Crippen LogP contribution in [0, 0.1) is 5.82 Å². The highest BCUT2D eigenvalue weighted by molar-refractivity contribution is 9.10. The molecular weight excluding hydrogens is 509 g/mol. The van der Waals surface area contributed by atoms with Crippen molar-refractivity contribution in [3.05, 3.63) is 69.2 Å². The van der Waals surface area contributed by atoms with Crippen molar-refractivity contribution in [2.75, 3.05) is 11.1 Å². The van der Waals surface area contributed by atoms with Crippen LogP contribution in [0.25, 0.3) is 0 Å². The van der Waals surface area contributed by atoms with E-state index in [1.807, 2.05) is 6.92 Å². The quantitative estimate of drug-likeness (QED) is 0.422. The van der Waals surface area contributed by atoms with E-state index >= 15 is 0 Å². The van der Waals surface area contributed by atoms with Gasteiger partial charge in [-0.1, -0.05) is 51.4 Å². The highest BCUT2D eigenvalue weighted by atomic mass is 79.9. The Labute approximate surface area is 195 Å². The average molecular weight is 527 g/mol. The van der Waals surface area contributed by atoms with Crippen LogP contribution < -0.4 is 10.6 Å². The molecule has 0 aliphatic heterocycles. The highest BCUT2D eigenvalue weighted by Gasteiger charge is 2.16. The molecule has 31 heavy (non-hydrogen) atoms. The molecule has 0 aliphatic rings. The van der Waals surface area contributed by atoms with Gasteiger partial charge in [-0.3, -0.25) is 9.59 Å². The van der Waals surface area contributed by atoms with Crippen molar-refractivity contribution in [2.45, 2.75) is 25.2 Å². The fourth-order valence-corrected chi connectivity index (χ4v) is 4.06. The molecule has 0 saturated heterocycles. The lowest BCUT2D eigenvalue weighted by atomic mass is 10.2. The largest absolute Gasteiger partial charge is 0.345 e. The van der Waals surface area contributed by atoms with Crippen LogP contribution in [0.4, 0.5) is 10.1 Å². The van der Waals surface area contributed by atoms with Crippen LogP contribution in [0.3, 0.4) is 0 Å². The fourth-order valence-electron chi connectivity index (χ4n) is 2.68. The second-order valence-corrected chi connectivity index (χ2v) is 8.53. The smallest absolute Gasteiger partial charge is 0.253 e. The summed E-state index contributed by atoms with van der Waals surface area (Å²) >= 11 is 10.4. The summed E-state index contributed by atoms with van der Waals surface area (Å²) in [7, 11) is 0. The van der Waals surface area contributed by atoms with E-state index in [-0.39, 0.29) is 29.8 Å². The first kappa shape index (κ1) is 23.2. The third-order valence-electron chi connectivity index (χ3n) is 4.17. The maximum absolute atomic E-state index is 13.9. The summed E-state index contributed by atoms with van der Waals surface area (Å²) in [5.74, 6) is -0.642. The Hall–Kier alpha value is -2.43. The molecule has 0 spiro atoms. The summed E-state index contributed by atoms with van der Waals surface area (Å²) in [6, 6.07) is 11.2. The molecule has 162 valence electrons. The Morgan fingerprint density at radius 1 is 1.23 bits per heavy atom. The maximum atomic E-state index is 13.9. The molecule has 2 aromatic carbocycles. The number of benzene rings is 2. The number of hydrogen-bond acceptors (Lipinski definition) is 5. The van der Waals surface area contributed by atoms with Crippen molar-refractivity contribution in [3.8, 4) is 0 Å². The van der Waals surface area contributed by atoms with Crippen LogP contribution in [-0.4, -0.2) is 32.3 Å². The van der Waals surface area contributed by atoms with Crippen molar-refractivity contribution in [1.82, 2.24) is 20.1 Å². The van der Waals surface area contributed by atoms with Crippen LogP contribution >= 0.6 is 39.3 Å². The number of carbonyl (C=O) groups is 2. The lowest BCUT2D eigenvalue weighted by Crippen LogP contribution is -2.25. The Morgan fingerprint density at radius 3 is 2.71 bits per heavy atom. The molecule has 0 radical (unpaired) electrons. The molecule has 0 atom stereocenters. The minimum absolute atomic E-state index is 0.0274. The summed E-state index contributed by atoms with van der Waals surface area (Å²) in [6.07, 6.45) is 0. The van der Waals surface area contributed by atoms with Crippen molar-refractivity contribution in [3.63, 3.8) is 0 Å². The van der Waals surface area contributed by atoms with Crippen molar-refractivity contribution >= 4 is 56.8 Å². The van der Waals surface area contributed by atoms with Crippen LogP contribution in [-0.2, 0) is 17.9 Å². The number of nitrogens with zero attached hydrogens (tertiary/aromatic N) is 3. The molecule has 2 N–H and O–H groups in total. The van der Waals surface area contributed by atoms with Crippen molar-refractivity contribution < 1.29 is 14.0 Å². The molecule has 0 aliphatic carbocycles. The van der Waals surface area contributed by atoms with Gasteiger partial charge in [-0.05, 0) is 37.3 Å². The predicted molar refractivity (Wildman–Crippen MR) is 122 cm³/mol. The molecule has 0 unspecified atom stereocenters. The van der Waals surface area contributed by atoms with Gasteiger partial charge >= 0.3 is 0 Å². The van der Waals surface area contributed by atoms with Gasteiger partial charge < -0.3 is 15.2 Å². The number of hydrogen-bond donors (Lipinski definition) is 2. The topological polar surface area (TPSA) is 88.9 Å². The zero-order valence-electron chi connectivity index (χ0n) is 16.4. The van der Waals surface area contributed by atoms with Gasteiger partial charge in [-0.15, -0.1) is 10.2 Å². The summed E-state index contributed by atoms with van der Waals surface area (Å²) in [4.78, 5) is 24.5. The molecule has 0 fully saturated rings. The van der Waals surface area contributed by atoms with Gasteiger partial charge in [0.15, 0.2) is 11.0 Å². The number of nitrogens with one attached hydrogen (secondary N) is 2. The molecule has 0 saturated carbocycles. The zero-order valence-corrected chi connectivity index (χ0v) is 19.5. The molecule has 3 aromatic rings. The van der Waals surface area contributed by atoms with E-state index in [1.54, 1.807) is 34.9 Å². The second-order valence-electron chi connectivity index (χ2n) is 6.27.